The van der Waals surface area contributed by atoms with Crippen molar-refractivity contribution in [1.29, 1.82) is 0 Å². The van der Waals surface area contributed by atoms with Crippen LogP contribution in [0, 0.1) is 6.92 Å². The highest BCUT2D eigenvalue weighted by molar-refractivity contribution is 5.98. The van der Waals surface area contributed by atoms with Crippen LogP contribution in [0.2, 0.25) is 0 Å². The van der Waals surface area contributed by atoms with Crippen molar-refractivity contribution in [1.82, 2.24) is 4.57 Å². The Kier molecular flexibility index (Phi) is 1.72. The molecule has 0 spiro atoms. The molecule has 0 saturated carbocycles. The van der Waals surface area contributed by atoms with Crippen LogP contribution in [0.25, 0.3) is 0 Å². The lowest BCUT2D eigenvalue weighted by molar-refractivity contribution is 0.101. The van der Waals surface area contributed by atoms with E-state index in [0.29, 0.717) is 11.4 Å². The number of anilines is 1. The molecule has 1 rings (SSSR count). The number of rotatable bonds is 1. The summed E-state index contributed by atoms with van der Waals surface area (Å²) in [4.78, 5) is 10.9. The normalized spacial score (nSPS) is 10.1. The van der Waals surface area contributed by atoms with Crippen LogP contribution in [-0.2, 0) is 7.05 Å². The minimum absolute atomic E-state index is 0.0196. The second-order valence-corrected chi connectivity index (χ2v) is 2.70. The largest absolute Gasteiger partial charge is 0.384 e. The molecule has 0 fully saturated rings. The van der Waals surface area contributed by atoms with Crippen molar-refractivity contribution in [3.05, 3.63) is 17.3 Å². The van der Waals surface area contributed by atoms with Crippen LogP contribution in [0.3, 0.4) is 0 Å². The lowest BCUT2D eigenvalue weighted by atomic mass is 10.2. The molecule has 0 bridgehead atoms. The molecule has 0 aliphatic carbocycles. The fraction of sp³-hybridized carbons (Fsp3) is 0.375. The smallest absolute Gasteiger partial charge is 0.163 e. The number of nitrogens with two attached hydrogens (primary N) is 1. The van der Waals surface area contributed by atoms with Gasteiger partial charge in [-0.05, 0) is 19.9 Å². The van der Waals surface area contributed by atoms with E-state index >= 15 is 0 Å². The van der Waals surface area contributed by atoms with Gasteiger partial charge in [0.1, 0.15) is 5.82 Å². The van der Waals surface area contributed by atoms with E-state index in [-0.39, 0.29) is 5.78 Å². The van der Waals surface area contributed by atoms with Crippen LogP contribution in [0.1, 0.15) is 23.0 Å². The van der Waals surface area contributed by atoms with Crippen molar-refractivity contribution in [2.24, 2.45) is 7.05 Å². The van der Waals surface area contributed by atoms with E-state index in [1.807, 2.05) is 14.0 Å². The lowest BCUT2D eigenvalue weighted by Gasteiger charge is -1.98. The van der Waals surface area contributed by atoms with E-state index < -0.39 is 0 Å². The monoisotopic (exact) mass is 152 g/mol. The number of hydrogen-bond acceptors (Lipinski definition) is 2. The quantitative estimate of drug-likeness (QED) is 0.613. The molecule has 0 radical (unpaired) electrons. The molecule has 3 nitrogen and oxygen atoms in total. The number of carbonyl (C=O) groups excluding carboxylic acids is 1. The van der Waals surface area contributed by atoms with Gasteiger partial charge in [0.15, 0.2) is 5.78 Å². The van der Waals surface area contributed by atoms with Crippen LogP contribution in [0.5, 0.6) is 0 Å². The summed E-state index contributed by atoms with van der Waals surface area (Å²) in [6.07, 6.45) is 0. The van der Waals surface area contributed by atoms with E-state index in [4.69, 9.17) is 5.73 Å². The van der Waals surface area contributed by atoms with Crippen molar-refractivity contribution in [2.75, 3.05) is 5.73 Å². The summed E-state index contributed by atoms with van der Waals surface area (Å²) < 4.78 is 1.80. The van der Waals surface area contributed by atoms with Gasteiger partial charge in [-0.15, -0.1) is 0 Å². The molecule has 2 N–H and O–H groups in total. The molecule has 0 aliphatic heterocycles. The molecule has 1 aromatic rings. The molecular formula is C8H12N2O. The predicted octanol–water partition coefficient (Wildman–Crippen LogP) is 1.12. The number of carbonyl (C=O) groups is 1. The number of Topliss-reactive ketones (excluding diaryl/α,β-unsaturated/α-hetero) is 1. The zero-order chi connectivity index (χ0) is 8.59. The van der Waals surface area contributed by atoms with Gasteiger partial charge in [-0.25, -0.2) is 0 Å². The van der Waals surface area contributed by atoms with E-state index in [9.17, 15) is 4.79 Å². The highest BCUT2D eigenvalue weighted by Gasteiger charge is 2.09. The van der Waals surface area contributed by atoms with Crippen LogP contribution < -0.4 is 5.73 Å². The zero-order valence-electron chi connectivity index (χ0n) is 7.01. The zero-order valence-corrected chi connectivity index (χ0v) is 7.01. The van der Waals surface area contributed by atoms with Crippen molar-refractivity contribution < 1.29 is 4.79 Å². The SMILES string of the molecule is CC(=O)c1cc(C)n(C)c1N. The van der Waals surface area contributed by atoms with Crippen molar-refractivity contribution in [3.63, 3.8) is 0 Å². The maximum Gasteiger partial charge on any atom is 0.163 e. The van der Waals surface area contributed by atoms with E-state index in [0.717, 1.165) is 5.69 Å². The lowest BCUT2D eigenvalue weighted by Crippen LogP contribution is -2.01. The maximum absolute atomic E-state index is 10.9. The highest BCUT2D eigenvalue weighted by atomic mass is 16.1. The standard InChI is InChI=1S/C8H12N2O/c1-5-4-7(6(2)11)8(9)10(5)3/h4H,9H2,1-3H3. The molecule has 0 amide bonds. The Morgan fingerprint density at radius 2 is 2.18 bits per heavy atom. The van der Waals surface area contributed by atoms with Crippen LogP contribution in [0.15, 0.2) is 6.07 Å². The summed E-state index contributed by atoms with van der Waals surface area (Å²) in [5, 5.41) is 0. The van der Waals surface area contributed by atoms with E-state index in [1.54, 1.807) is 10.6 Å². The Morgan fingerprint density at radius 3 is 2.36 bits per heavy atom. The first kappa shape index (κ1) is 7.85. The first-order valence-electron chi connectivity index (χ1n) is 3.46. The molecule has 60 valence electrons. The fourth-order valence-electron chi connectivity index (χ4n) is 1.03. The molecule has 1 aromatic heterocycles. The molecule has 11 heavy (non-hydrogen) atoms. The van der Waals surface area contributed by atoms with Gasteiger partial charge in [0.25, 0.3) is 0 Å². The Labute approximate surface area is 65.8 Å². The van der Waals surface area contributed by atoms with Gasteiger partial charge in [0.2, 0.25) is 0 Å². The van der Waals surface area contributed by atoms with Crippen molar-refractivity contribution in [3.8, 4) is 0 Å². The molecule has 0 aliphatic rings. The Hall–Kier alpha value is -1.25. The van der Waals surface area contributed by atoms with Crippen molar-refractivity contribution >= 4 is 11.6 Å². The summed E-state index contributed by atoms with van der Waals surface area (Å²) in [6.45, 7) is 3.44. The van der Waals surface area contributed by atoms with Gasteiger partial charge in [-0.1, -0.05) is 0 Å². The molecule has 0 unspecified atom stereocenters. The number of ketones is 1. The molecule has 0 aromatic carbocycles. The Bertz CT molecular complexity index is 299. The van der Waals surface area contributed by atoms with E-state index in [2.05, 4.69) is 0 Å². The third-order valence-electron chi connectivity index (χ3n) is 1.90. The minimum Gasteiger partial charge on any atom is -0.384 e. The summed E-state index contributed by atoms with van der Waals surface area (Å²) in [5.74, 6) is 0.571. The molecule has 1 heterocycles. The number of aryl methyl sites for hydroxylation is 1. The topological polar surface area (TPSA) is 48.0 Å². The van der Waals surface area contributed by atoms with Gasteiger partial charge in [-0.2, -0.15) is 0 Å². The summed E-state index contributed by atoms with van der Waals surface area (Å²) in [7, 11) is 1.84. The number of hydrogen-bond donors (Lipinski definition) is 1. The summed E-state index contributed by atoms with van der Waals surface area (Å²) in [5.41, 5.74) is 7.27. The average Bonchev–Trinajstić information content (AvgIpc) is 2.17. The predicted molar refractivity (Wildman–Crippen MR) is 44.6 cm³/mol. The first-order valence-corrected chi connectivity index (χ1v) is 3.46. The maximum atomic E-state index is 10.9. The third-order valence-corrected chi connectivity index (χ3v) is 1.90. The van der Waals surface area contributed by atoms with E-state index in [1.165, 1.54) is 6.92 Å². The third kappa shape index (κ3) is 1.13. The molecule has 3 heteroatoms. The Balaban J connectivity index is 3.29. The van der Waals surface area contributed by atoms with Gasteiger partial charge >= 0.3 is 0 Å². The summed E-state index contributed by atoms with van der Waals surface area (Å²) in [6, 6.07) is 1.80. The van der Waals surface area contributed by atoms with Gasteiger partial charge < -0.3 is 10.3 Å². The molecule has 0 atom stereocenters. The second kappa shape index (κ2) is 2.42. The highest BCUT2D eigenvalue weighted by Crippen LogP contribution is 2.16. The average molecular weight is 152 g/mol. The van der Waals surface area contributed by atoms with Crippen molar-refractivity contribution in [2.45, 2.75) is 13.8 Å². The first-order chi connectivity index (χ1) is 5.04. The number of nitrogen functional groups attached to an aromatic ring is 1. The van der Waals surface area contributed by atoms with Gasteiger partial charge in [0, 0.05) is 12.7 Å². The van der Waals surface area contributed by atoms with Crippen LogP contribution in [-0.4, -0.2) is 10.4 Å². The Morgan fingerprint density at radius 1 is 1.64 bits per heavy atom. The molecular weight excluding hydrogens is 140 g/mol. The van der Waals surface area contributed by atoms with Gasteiger partial charge in [-0.3, -0.25) is 4.79 Å². The van der Waals surface area contributed by atoms with Crippen LogP contribution in [0.4, 0.5) is 5.82 Å². The van der Waals surface area contributed by atoms with Gasteiger partial charge in [0.05, 0.1) is 5.56 Å². The molecule has 0 saturated heterocycles. The minimum atomic E-state index is 0.0196. The number of nitrogens with zero attached hydrogens (tertiary/aromatic N) is 1. The second-order valence-electron chi connectivity index (χ2n) is 2.70. The summed E-state index contributed by atoms with van der Waals surface area (Å²) >= 11 is 0. The van der Waals surface area contributed by atoms with Crippen LogP contribution >= 0.6 is 0 Å². The fourth-order valence-corrected chi connectivity index (χ4v) is 1.03. The number of aromatic nitrogens is 1.